The number of aromatic nitrogens is 4. The summed E-state index contributed by atoms with van der Waals surface area (Å²) in [5.41, 5.74) is 22.0. The fourth-order valence-electron chi connectivity index (χ4n) is 18.0. The van der Waals surface area contributed by atoms with E-state index in [2.05, 4.69) is 84.8 Å². The second-order valence-corrected chi connectivity index (χ2v) is 36.4. The molecule has 0 saturated heterocycles. The van der Waals surface area contributed by atoms with Gasteiger partial charge >= 0.3 is 24.4 Å². The van der Waals surface area contributed by atoms with Gasteiger partial charge in [0.05, 0.1) is 73.1 Å². The van der Waals surface area contributed by atoms with E-state index in [1.54, 1.807) is 49.1 Å². The number of fused-ring (bicyclic) bond motifs is 13. The van der Waals surface area contributed by atoms with Gasteiger partial charge in [0.1, 0.15) is 42.6 Å². The third-order valence-electron chi connectivity index (χ3n) is 24.7. The fourth-order valence-corrected chi connectivity index (χ4v) is 19.2. The number of unbranched alkanes of at least 4 members (excludes halogenated alkanes) is 1. The number of anilines is 4. The summed E-state index contributed by atoms with van der Waals surface area (Å²) in [6, 6.07) is 77.9. The van der Waals surface area contributed by atoms with Crippen LogP contribution in [0.5, 0.6) is 0 Å². The largest absolute Gasteiger partial charge is 0.449 e. The van der Waals surface area contributed by atoms with Gasteiger partial charge in [-0.15, -0.1) is 0 Å². The topological polar surface area (TPSA) is 222 Å². The highest BCUT2D eigenvalue weighted by molar-refractivity contribution is 6.43. The minimum atomic E-state index is -0.668. The Kier molecular flexibility index (Phi) is 31.5. The Morgan fingerprint density at radius 2 is 0.640 bits per heavy atom. The first-order valence-corrected chi connectivity index (χ1v) is 47.6. The predicted octanol–water partition coefficient (Wildman–Crippen LogP) is 32.9. The van der Waals surface area contributed by atoms with E-state index in [0.29, 0.717) is 89.5 Å². The standard InChI is InChI=1S/C32H21Cl2N3O2.C28H19Cl2N3O2.C26H23Cl2N3O2.C25H21Cl2N3O2/c1-35-30-29-23(15-26(24-8-4-5-9-25(24)29)22-12-13-27(33)28(34)16-22)17-36-31(30)37-32(38)39-18-19-10-11-20-6-2-3-7-21(20)14-19;1-31-26-25-19(15-32-27(26)33-28(34)35-16-17-7-3-2-4-8-17)13-22(20-9-5-6-10-21(20)25)18-11-12-23(29)24(30)14-18;1-4-17(5-2)33-26(32)31-25-24(29-3)23-16(14-30-25)12-20(18-8-6-7-9-19(18)23)15-10-11-21(27)22(28)13-15;1-3-4-11-32-25(31)30-24-23(28-2)22-16(14-29-24)12-19(17-7-5-6-8-18(17)22)15-9-10-20(26)21(27)13-15/h2-14,16-17,26H,15,18H2,(H,36,37,38);2-12,14-15,22H,13,16H2,(H,32,33,34);6-11,13-14,17,20H,4-5,12H2,1-2H3,(H,30,31,32);5-10,13-14,19H,3-4,11-12H2,1H3,(H,29,30,31). The van der Waals surface area contributed by atoms with Gasteiger partial charge in [-0.3, -0.25) is 41.2 Å². The molecule has 11 aromatic carbocycles. The van der Waals surface area contributed by atoms with E-state index in [4.69, 9.17) is 138 Å². The van der Waals surface area contributed by atoms with E-state index in [1.807, 2.05) is 215 Å². The summed E-state index contributed by atoms with van der Waals surface area (Å²) in [5, 5.41) is 16.9. The highest BCUT2D eigenvalue weighted by Crippen LogP contribution is 2.55. The summed E-state index contributed by atoms with van der Waals surface area (Å²) in [6.07, 6.45) is 9.93. The molecule has 4 aromatic heterocycles. The lowest BCUT2D eigenvalue weighted by molar-refractivity contribution is 0.106. The summed E-state index contributed by atoms with van der Waals surface area (Å²) < 4.78 is 21.4. The smallest absolute Gasteiger partial charge is 0.412 e. The monoisotopic (exact) mass is 1990 g/mol. The molecule has 0 aliphatic heterocycles. The number of carbonyl (C=O) groups is 4. The number of nitrogens with one attached hydrogen (secondary N) is 4. The Labute approximate surface area is 844 Å². The lowest BCUT2D eigenvalue weighted by Gasteiger charge is -2.29. The average molecular weight is 2000 g/mol. The molecule has 0 radical (unpaired) electrons. The number of hydrogen-bond donors (Lipinski definition) is 4. The molecule has 28 heteroatoms. The van der Waals surface area contributed by atoms with E-state index in [1.165, 1.54) is 0 Å². The number of halogens is 8. The number of hydrogen-bond acceptors (Lipinski definition) is 12. The van der Waals surface area contributed by atoms with Crippen LogP contribution in [0.3, 0.4) is 0 Å². The van der Waals surface area contributed by atoms with Crippen LogP contribution in [-0.4, -0.2) is 57.0 Å². The summed E-state index contributed by atoms with van der Waals surface area (Å²) >= 11 is 49.8. The van der Waals surface area contributed by atoms with Crippen LogP contribution in [0.4, 0.5) is 65.2 Å². The van der Waals surface area contributed by atoms with Crippen LogP contribution < -0.4 is 21.3 Å². The van der Waals surface area contributed by atoms with Gasteiger partial charge < -0.3 is 18.9 Å². The normalized spacial score (nSPS) is 14.0. The number of carbonyl (C=O) groups excluding carboxylic acids is 4. The van der Waals surface area contributed by atoms with Crippen molar-refractivity contribution in [1.82, 2.24) is 19.9 Å². The zero-order valence-corrected chi connectivity index (χ0v) is 81.0. The van der Waals surface area contributed by atoms with Crippen LogP contribution in [-0.2, 0) is 57.8 Å². The van der Waals surface area contributed by atoms with Crippen LogP contribution in [0.2, 0.25) is 40.2 Å². The molecule has 0 spiro atoms. The van der Waals surface area contributed by atoms with Crippen molar-refractivity contribution in [3.8, 4) is 44.5 Å². The number of pyridine rings is 4. The van der Waals surface area contributed by atoms with Crippen LogP contribution >= 0.6 is 92.8 Å². The van der Waals surface area contributed by atoms with Gasteiger partial charge in [0.2, 0.25) is 22.7 Å². The molecule has 4 aliphatic carbocycles. The zero-order valence-electron chi connectivity index (χ0n) is 74.9. The average Bonchev–Trinajstić information content (AvgIpc) is 0.757. The van der Waals surface area contributed by atoms with E-state index >= 15 is 0 Å². The van der Waals surface area contributed by atoms with Gasteiger partial charge in [0, 0.05) is 48.5 Å². The molecule has 4 unspecified atom stereocenters. The van der Waals surface area contributed by atoms with Crippen molar-refractivity contribution in [1.29, 1.82) is 0 Å². The van der Waals surface area contributed by atoms with Crippen molar-refractivity contribution < 1.29 is 38.1 Å². The van der Waals surface area contributed by atoms with Gasteiger partial charge in [-0.2, -0.15) is 0 Å². The Balaban J connectivity index is 0.000000134. The van der Waals surface area contributed by atoms with Gasteiger partial charge in [-0.1, -0.05) is 308 Å². The second-order valence-electron chi connectivity index (χ2n) is 33.1. The summed E-state index contributed by atoms with van der Waals surface area (Å²) in [7, 11) is 0. The molecular formula is C111H84Cl8N12O8. The van der Waals surface area contributed by atoms with Crippen LogP contribution in [0.1, 0.15) is 148 Å². The highest BCUT2D eigenvalue weighted by Gasteiger charge is 2.36. The first kappa shape index (κ1) is 97.7. The maximum Gasteiger partial charge on any atom is 0.412 e. The lowest BCUT2D eigenvalue weighted by Crippen LogP contribution is -2.22. The van der Waals surface area contributed by atoms with Crippen molar-refractivity contribution in [2.75, 3.05) is 27.9 Å². The number of amides is 4. The first-order chi connectivity index (χ1) is 67.5. The molecular weight excluding hydrogens is 1910 g/mol. The van der Waals surface area contributed by atoms with Crippen molar-refractivity contribution >= 4 is 174 Å². The second kappa shape index (κ2) is 44.8. The van der Waals surface area contributed by atoms with E-state index in [9.17, 15) is 19.2 Å². The Bertz CT molecular complexity index is 7460. The molecule has 0 bridgehead atoms. The molecule has 0 saturated carbocycles. The van der Waals surface area contributed by atoms with Crippen molar-refractivity contribution in [3.05, 3.63) is 431 Å². The molecule has 4 amide bonds. The summed E-state index contributed by atoms with van der Waals surface area (Å²) in [5.74, 6) is 0.924. The van der Waals surface area contributed by atoms with Crippen LogP contribution in [0, 0.1) is 26.3 Å². The fraction of sp³-hybridized carbons (Fsp3) is 0.171. The molecule has 692 valence electrons. The van der Waals surface area contributed by atoms with E-state index < -0.39 is 24.4 Å². The molecule has 4 heterocycles. The SMILES string of the molecule is [C-]#[N+]c1c(NC(=O)OC(CC)CC)ncc2c1-c1ccccc1C(c1ccc(Cl)c(Cl)c1)C2.[C-]#[N+]c1c(NC(=O)OCCCC)ncc2c1-c1ccccc1C(c1ccc(Cl)c(Cl)c1)C2.[C-]#[N+]c1c(NC(=O)OCc2ccc3ccccc3c2)ncc2c1-c1ccccc1C(c1ccc(Cl)c(Cl)c1)C2.[C-]#[N+]c1c(NC(=O)OCc2ccccc2)ncc2c1-c1ccccc1C(c1ccc(Cl)c(Cl)c1)C2. The lowest BCUT2D eigenvalue weighted by atomic mass is 9.76. The molecule has 4 N–H and O–H groups in total. The third kappa shape index (κ3) is 22.0. The van der Waals surface area contributed by atoms with Crippen molar-refractivity contribution in [2.45, 2.75) is 115 Å². The number of nitrogens with zero attached hydrogens (tertiary/aromatic N) is 8. The van der Waals surface area contributed by atoms with E-state index in [-0.39, 0.29) is 71.9 Å². The minimum absolute atomic E-state index is 0.0228. The van der Waals surface area contributed by atoms with Crippen LogP contribution in [0.25, 0.3) is 74.7 Å². The third-order valence-corrected chi connectivity index (χ3v) is 27.6. The minimum Gasteiger partial charge on any atom is -0.449 e. The zero-order chi connectivity index (χ0) is 97.5. The van der Waals surface area contributed by atoms with Gasteiger partial charge in [-0.25, -0.2) is 38.6 Å². The molecule has 20 nitrogen and oxygen atoms in total. The van der Waals surface area contributed by atoms with Gasteiger partial charge in [0.15, 0.2) is 0 Å². The molecule has 0 fully saturated rings. The quantitative estimate of drug-likeness (QED) is 0.0358. The maximum absolute atomic E-state index is 12.7. The molecule has 139 heavy (non-hydrogen) atoms. The van der Waals surface area contributed by atoms with Gasteiger partial charge in [0.25, 0.3) is 0 Å². The predicted molar refractivity (Wildman–Crippen MR) is 554 cm³/mol. The number of rotatable bonds is 18. The highest BCUT2D eigenvalue weighted by atomic mass is 35.5. The van der Waals surface area contributed by atoms with Gasteiger partial charge in [-0.05, 0) is 233 Å². The van der Waals surface area contributed by atoms with Crippen molar-refractivity contribution in [2.24, 2.45) is 0 Å². The Morgan fingerprint density at radius 3 is 0.964 bits per heavy atom. The molecule has 4 aliphatic rings. The summed E-state index contributed by atoms with van der Waals surface area (Å²) in [4.78, 5) is 82.5. The van der Waals surface area contributed by atoms with Crippen molar-refractivity contribution in [3.63, 3.8) is 0 Å². The summed E-state index contributed by atoms with van der Waals surface area (Å²) in [6.45, 7) is 38.0. The van der Waals surface area contributed by atoms with Crippen LogP contribution in [0.15, 0.2) is 267 Å². The molecule has 4 atom stereocenters. The Hall–Kier alpha value is -14.4. The number of ether oxygens (including phenoxy) is 4. The van der Waals surface area contributed by atoms with E-state index in [0.717, 1.165) is 159 Å². The molecule has 15 aromatic rings. The maximum atomic E-state index is 12.7. The molecule has 19 rings (SSSR count). The Morgan fingerprint density at radius 1 is 0.338 bits per heavy atom. The number of benzene rings is 11. The first-order valence-electron chi connectivity index (χ1n) is 44.6.